The first kappa shape index (κ1) is 13.3. The van der Waals surface area contributed by atoms with Gasteiger partial charge in [-0.1, -0.05) is 17.7 Å². The molecule has 0 saturated carbocycles. The van der Waals surface area contributed by atoms with Crippen molar-refractivity contribution in [2.45, 2.75) is 18.8 Å². The number of carbonyl (C=O) groups is 1. The van der Waals surface area contributed by atoms with Crippen LogP contribution in [0.3, 0.4) is 0 Å². The lowest BCUT2D eigenvalue weighted by atomic mass is 10.1. The number of nitrogens with zero attached hydrogens (tertiary/aromatic N) is 1. The minimum atomic E-state index is -0.866. The van der Waals surface area contributed by atoms with Crippen LogP contribution >= 0.6 is 22.9 Å². The number of aliphatic carboxylic acids is 1. The van der Waals surface area contributed by atoms with Crippen LogP contribution in [0.2, 0.25) is 5.02 Å². The van der Waals surface area contributed by atoms with Gasteiger partial charge in [-0.2, -0.15) is 0 Å². The van der Waals surface area contributed by atoms with Gasteiger partial charge in [0, 0.05) is 4.88 Å². The number of rotatable bonds is 3. The van der Waals surface area contributed by atoms with Crippen LogP contribution in [0.4, 0.5) is 15.2 Å². The van der Waals surface area contributed by atoms with Crippen molar-refractivity contribution in [1.29, 1.82) is 0 Å². The van der Waals surface area contributed by atoms with E-state index in [0.717, 1.165) is 4.88 Å². The number of nitrogens with one attached hydrogen (secondary N) is 1. The zero-order valence-electron chi connectivity index (χ0n) is 10.2. The molecule has 1 aliphatic rings. The van der Waals surface area contributed by atoms with Crippen LogP contribution in [-0.2, 0) is 11.2 Å². The van der Waals surface area contributed by atoms with Crippen LogP contribution < -0.4 is 5.32 Å². The van der Waals surface area contributed by atoms with Crippen molar-refractivity contribution in [3.63, 3.8) is 0 Å². The van der Waals surface area contributed by atoms with E-state index >= 15 is 0 Å². The Kier molecular flexibility index (Phi) is 3.35. The maximum Gasteiger partial charge on any atom is 0.312 e. The summed E-state index contributed by atoms with van der Waals surface area (Å²) in [6.07, 6.45) is 1.28. The van der Waals surface area contributed by atoms with Crippen molar-refractivity contribution in [3.8, 4) is 0 Å². The maximum absolute atomic E-state index is 13.8. The van der Waals surface area contributed by atoms with E-state index in [1.54, 1.807) is 12.1 Å². The smallest absolute Gasteiger partial charge is 0.312 e. The molecular formula is C13H10ClFN2O2S. The van der Waals surface area contributed by atoms with Crippen molar-refractivity contribution >= 4 is 39.7 Å². The summed E-state index contributed by atoms with van der Waals surface area (Å²) in [7, 11) is 0. The highest BCUT2D eigenvalue weighted by molar-refractivity contribution is 7.15. The summed E-state index contributed by atoms with van der Waals surface area (Å²) in [5, 5.41) is 12.5. The van der Waals surface area contributed by atoms with Gasteiger partial charge in [0.05, 0.1) is 16.4 Å². The summed E-state index contributed by atoms with van der Waals surface area (Å²) < 4.78 is 13.8. The van der Waals surface area contributed by atoms with Crippen LogP contribution in [0.5, 0.6) is 0 Å². The number of aryl methyl sites for hydroxylation is 1. The molecule has 1 unspecified atom stereocenters. The fourth-order valence-corrected chi connectivity index (χ4v) is 3.46. The molecule has 3 rings (SSSR count). The summed E-state index contributed by atoms with van der Waals surface area (Å²) in [4.78, 5) is 16.3. The second-order valence-electron chi connectivity index (χ2n) is 4.48. The minimum Gasteiger partial charge on any atom is -0.481 e. The molecule has 0 aliphatic heterocycles. The lowest BCUT2D eigenvalue weighted by Crippen LogP contribution is -2.08. The normalized spacial score (nSPS) is 17.0. The number of anilines is 2. The second-order valence-corrected chi connectivity index (χ2v) is 5.97. The first-order valence-electron chi connectivity index (χ1n) is 5.99. The van der Waals surface area contributed by atoms with E-state index in [4.69, 9.17) is 16.7 Å². The third-order valence-electron chi connectivity index (χ3n) is 3.21. The number of carboxylic acid groups (broad SMARTS) is 1. The van der Waals surface area contributed by atoms with Gasteiger partial charge < -0.3 is 10.4 Å². The Morgan fingerprint density at radius 3 is 3.10 bits per heavy atom. The molecule has 2 aromatic rings. The summed E-state index contributed by atoms with van der Waals surface area (Å²) in [5.74, 6) is -1.96. The summed E-state index contributed by atoms with van der Waals surface area (Å²) in [6, 6.07) is 4.65. The van der Waals surface area contributed by atoms with Gasteiger partial charge in [-0.15, -0.1) is 11.3 Å². The predicted molar refractivity (Wildman–Crippen MR) is 75.5 cm³/mol. The highest BCUT2D eigenvalue weighted by atomic mass is 35.5. The molecule has 0 saturated heterocycles. The molecule has 1 atom stereocenters. The lowest BCUT2D eigenvalue weighted by molar-refractivity contribution is -0.138. The summed E-state index contributed by atoms with van der Waals surface area (Å²) in [5.41, 5.74) is 0.823. The molecular weight excluding hydrogens is 303 g/mol. The van der Waals surface area contributed by atoms with Gasteiger partial charge in [0.1, 0.15) is 5.92 Å². The number of aromatic nitrogens is 1. The fraction of sp³-hybridized carbons (Fsp3) is 0.231. The number of halogens is 2. The Morgan fingerprint density at radius 2 is 2.35 bits per heavy atom. The number of thiazole rings is 1. The number of hydrogen-bond donors (Lipinski definition) is 2. The molecule has 20 heavy (non-hydrogen) atoms. The van der Waals surface area contributed by atoms with E-state index in [1.165, 1.54) is 17.4 Å². The second kappa shape index (κ2) is 5.03. The van der Waals surface area contributed by atoms with Crippen molar-refractivity contribution in [1.82, 2.24) is 4.98 Å². The molecule has 0 amide bonds. The van der Waals surface area contributed by atoms with Crippen LogP contribution in [-0.4, -0.2) is 16.1 Å². The zero-order valence-corrected chi connectivity index (χ0v) is 11.8. The van der Waals surface area contributed by atoms with E-state index in [9.17, 15) is 9.18 Å². The number of benzene rings is 1. The molecule has 2 N–H and O–H groups in total. The van der Waals surface area contributed by atoms with Crippen molar-refractivity contribution in [2.24, 2.45) is 0 Å². The van der Waals surface area contributed by atoms with Gasteiger partial charge in [-0.25, -0.2) is 9.37 Å². The predicted octanol–water partition coefficient (Wildman–Crippen LogP) is 3.79. The van der Waals surface area contributed by atoms with Crippen LogP contribution in [0.25, 0.3) is 0 Å². The van der Waals surface area contributed by atoms with Crippen LogP contribution in [0.1, 0.15) is 22.9 Å². The Labute approximate surface area is 123 Å². The van der Waals surface area contributed by atoms with Crippen molar-refractivity contribution in [3.05, 3.63) is 39.6 Å². The maximum atomic E-state index is 13.8. The minimum absolute atomic E-state index is 0.0301. The molecule has 7 heteroatoms. The lowest BCUT2D eigenvalue weighted by Gasteiger charge is -2.06. The van der Waals surface area contributed by atoms with E-state index < -0.39 is 17.7 Å². The molecule has 1 aromatic carbocycles. The molecule has 1 heterocycles. The van der Waals surface area contributed by atoms with E-state index in [-0.39, 0.29) is 10.7 Å². The molecule has 1 aliphatic carbocycles. The van der Waals surface area contributed by atoms with E-state index in [2.05, 4.69) is 10.3 Å². The van der Waals surface area contributed by atoms with Crippen LogP contribution in [0, 0.1) is 5.82 Å². The van der Waals surface area contributed by atoms with E-state index in [1.807, 2.05) is 0 Å². The first-order valence-corrected chi connectivity index (χ1v) is 7.19. The van der Waals surface area contributed by atoms with Crippen molar-refractivity contribution in [2.75, 3.05) is 5.32 Å². The van der Waals surface area contributed by atoms with Gasteiger partial charge in [0.2, 0.25) is 0 Å². The summed E-state index contributed by atoms with van der Waals surface area (Å²) in [6.45, 7) is 0. The highest BCUT2D eigenvalue weighted by Crippen LogP contribution is 2.39. The Balaban J connectivity index is 1.88. The quantitative estimate of drug-likeness (QED) is 0.905. The average molecular weight is 313 g/mol. The standard InChI is InChI=1S/C13H10ClFN2O2S/c14-7-2-1-3-8(10(7)15)16-13-17-11-6(12(18)19)4-5-9(11)20-13/h1-3,6H,4-5H2,(H,16,17)(H,18,19). The molecule has 0 bridgehead atoms. The average Bonchev–Trinajstić information content (AvgIpc) is 2.94. The third kappa shape index (κ3) is 2.25. The first-order chi connectivity index (χ1) is 9.56. The molecule has 4 nitrogen and oxygen atoms in total. The van der Waals surface area contributed by atoms with Gasteiger partial charge in [0.15, 0.2) is 10.9 Å². The van der Waals surface area contributed by atoms with E-state index in [0.29, 0.717) is 23.7 Å². The summed E-state index contributed by atoms with van der Waals surface area (Å²) >= 11 is 7.07. The van der Waals surface area contributed by atoms with Crippen molar-refractivity contribution < 1.29 is 14.3 Å². The monoisotopic (exact) mass is 312 g/mol. The topological polar surface area (TPSA) is 62.2 Å². The fourth-order valence-electron chi connectivity index (χ4n) is 2.24. The van der Waals surface area contributed by atoms with Gasteiger partial charge in [0.25, 0.3) is 0 Å². The molecule has 0 fully saturated rings. The Bertz CT molecular complexity index is 689. The largest absolute Gasteiger partial charge is 0.481 e. The third-order valence-corrected chi connectivity index (χ3v) is 4.55. The van der Waals surface area contributed by atoms with Gasteiger partial charge >= 0.3 is 5.97 Å². The molecule has 1 aromatic heterocycles. The zero-order chi connectivity index (χ0) is 14.3. The van der Waals surface area contributed by atoms with Crippen LogP contribution in [0.15, 0.2) is 18.2 Å². The molecule has 0 radical (unpaired) electrons. The number of carboxylic acids is 1. The number of hydrogen-bond acceptors (Lipinski definition) is 4. The molecule has 0 spiro atoms. The molecule has 104 valence electrons. The van der Waals surface area contributed by atoms with Gasteiger partial charge in [-0.3, -0.25) is 4.79 Å². The SMILES string of the molecule is O=C(O)C1CCc2sc(Nc3cccc(Cl)c3F)nc21. The van der Waals surface area contributed by atoms with Gasteiger partial charge in [-0.05, 0) is 25.0 Å². The highest BCUT2D eigenvalue weighted by Gasteiger charge is 2.32. The number of fused-ring (bicyclic) bond motifs is 1. The Morgan fingerprint density at radius 1 is 1.55 bits per heavy atom. The Hall–Kier alpha value is -1.66.